The molecule has 0 saturated heterocycles. The van der Waals surface area contributed by atoms with Crippen molar-refractivity contribution < 1.29 is 13.2 Å². The lowest BCUT2D eigenvalue weighted by Crippen LogP contribution is -2.07. The van der Waals surface area contributed by atoms with E-state index in [1.807, 2.05) is 31.5 Å². The average molecular weight is 322 g/mol. The van der Waals surface area contributed by atoms with E-state index in [2.05, 4.69) is 16.1 Å². The summed E-state index contributed by atoms with van der Waals surface area (Å²) in [6.45, 7) is 7.13. The molecule has 0 aliphatic carbocycles. The number of sulfone groups is 1. The Hall–Kier alpha value is -1.82. The molecule has 1 aromatic heterocycles. The Bertz CT molecular complexity index is 712. The second-order valence-corrected chi connectivity index (χ2v) is 7.66. The molecule has 1 aromatic rings. The Kier molecular flexibility index (Phi) is 5.24. The van der Waals surface area contributed by atoms with E-state index < -0.39 is 9.84 Å². The Labute approximate surface area is 131 Å². The van der Waals surface area contributed by atoms with Gasteiger partial charge in [0.05, 0.1) is 12.4 Å². The number of hydrogen-bond acceptors (Lipinski definition) is 4. The van der Waals surface area contributed by atoms with Crippen LogP contribution >= 0.6 is 0 Å². The summed E-state index contributed by atoms with van der Waals surface area (Å²) < 4.78 is 29.9. The molecule has 0 N–H and O–H groups in total. The van der Waals surface area contributed by atoms with Crippen molar-refractivity contribution in [2.45, 2.75) is 19.8 Å². The van der Waals surface area contributed by atoms with Crippen LogP contribution in [-0.4, -0.2) is 44.4 Å². The standard InChI is InChI=1S/C16H22N2O3S/c1-13-16(14(2)21-11-4-12-22(3,19)20)7-10-18(13)15-5-8-17-9-6-15/h5,7-8,10H,2,4,6,9,11-12H2,1,3H3. The molecule has 0 radical (unpaired) electrons. The minimum absolute atomic E-state index is 0.131. The van der Waals surface area contributed by atoms with Gasteiger partial charge in [-0.05, 0) is 25.5 Å². The van der Waals surface area contributed by atoms with Gasteiger partial charge in [0.25, 0.3) is 0 Å². The molecule has 0 saturated carbocycles. The van der Waals surface area contributed by atoms with Crippen molar-refractivity contribution in [3.05, 3.63) is 36.2 Å². The van der Waals surface area contributed by atoms with Crippen LogP contribution in [0.4, 0.5) is 0 Å². The number of dihydropyridines is 1. The van der Waals surface area contributed by atoms with E-state index >= 15 is 0 Å². The van der Waals surface area contributed by atoms with Gasteiger partial charge in [0.15, 0.2) is 0 Å². The first kappa shape index (κ1) is 16.5. The van der Waals surface area contributed by atoms with Gasteiger partial charge in [-0.1, -0.05) is 6.58 Å². The van der Waals surface area contributed by atoms with E-state index in [1.54, 1.807) is 0 Å². The highest BCUT2D eigenvalue weighted by molar-refractivity contribution is 7.90. The van der Waals surface area contributed by atoms with Gasteiger partial charge in [-0.25, -0.2) is 8.42 Å². The number of ether oxygens (including phenoxy) is 1. The van der Waals surface area contributed by atoms with Crippen LogP contribution in [0.25, 0.3) is 11.5 Å². The maximum atomic E-state index is 11.1. The van der Waals surface area contributed by atoms with Crippen molar-refractivity contribution >= 4 is 27.5 Å². The monoisotopic (exact) mass is 322 g/mol. The summed E-state index contributed by atoms with van der Waals surface area (Å²) in [5, 5.41) is 0. The van der Waals surface area contributed by atoms with E-state index in [4.69, 9.17) is 4.74 Å². The molecule has 0 bridgehead atoms. The van der Waals surface area contributed by atoms with Gasteiger partial charge < -0.3 is 9.30 Å². The fourth-order valence-electron chi connectivity index (χ4n) is 2.39. The normalized spacial score (nSPS) is 14.7. The average Bonchev–Trinajstić information content (AvgIpc) is 2.85. The molecule has 1 aliphatic rings. The van der Waals surface area contributed by atoms with Crippen molar-refractivity contribution in [1.29, 1.82) is 0 Å². The van der Waals surface area contributed by atoms with Gasteiger partial charge in [-0.3, -0.25) is 4.99 Å². The molecule has 0 spiro atoms. The van der Waals surface area contributed by atoms with Gasteiger partial charge in [-0.15, -0.1) is 0 Å². The van der Waals surface area contributed by atoms with Gasteiger partial charge in [-0.2, -0.15) is 0 Å². The largest absolute Gasteiger partial charge is 0.493 e. The van der Waals surface area contributed by atoms with Crippen LogP contribution in [0.15, 0.2) is 29.9 Å². The highest BCUT2D eigenvalue weighted by Gasteiger charge is 2.12. The Morgan fingerprint density at radius 2 is 2.27 bits per heavy atom. The summed E-state index contributed by atoms with van der Waals surface area (Å²) >= 11 is 0. The molecule has 22 heavy (non-hydrogen) atoms. The highest BCUT2D eigenvalue weighted by atomic mass is 32.2. The second kappa shape index (κ2) is 6.96. The molecule has 0 atom stereocenters. The van der Waals surface area contributed by atoms with Gasteiger partial charge >= 0.3 is 0 Å². The minimum atomic E-state index is -2.94. The van der Waals surface area contributed by atoms with E-state index in [9.17, 15) is 8.42 Å². The fraction of sp³-hybridized carbons (Fsp3) is 0.438. The third-order valence-corrected chi connectivity index (χ3v) is 4.59. The van der Waals surface area contributed by atoms with Crippen LogP contribution < -0.4 is 0 Å². The third kappa shape index (κ3) is 4.34. The highest BCUT2D eigenvalue weighted by Crippen LogP contribution is 2.24. The zero-order valence-corrected chi connectivity index (χ0v) is 13.9. The molecule has 2 rings (SSSR count). The van der Waals surface area contributed by atoms with Gasteiger partial charge in [0, 0.05) is 48.6 Å². The molecule has 0 unspecified atom stereocenters. The molecule has 1 aliphatic heterocycles. The summed E-state index contributed by atoms with van der Waals surface area (Å²) in [6.07, 6.45) is 8.45. The lowest BCUT2D eigenvalue weighted by Gasteiger charge is -2.14. The Morgan fingerprint density at radius 1 is 1.50 bits per heavy atom. The van der Waals surface area contributed by atoms with Gasteiger partial charge in [0.2, 0.25) is 0 Å². The molecule has 5 nitrogen and oxygen atoms in total. The van der Waals surface area contributed by atoms with Crippen LogP contribution in [0.2, 0.25) is 0 Å². The maximum Gasteiger partial charge on any atom is 0.147 e. The number of aliphatic imine (C=N–C) groups is 1. The van der Waals surface area contributed by atoms with Crippen molar-refractivity contribution in [1.82, 2.24) is 4.57 Å². The number of rotatable bonds is 7. The van der Waals surface area contributed by atoms with E-state index in [1.165, 1.54) is 12.0 Å². The molecule has 0 fully saturated rings. The van der Waals surface area contributed by atoms with Crippen LogP contribution in [0, 0.1) is 6.92 Å². The minimum Gasteiger partial charge on any atom is -0.493 e. The van der Waals surface area contributed by atoms with E-state index in [0.29, 0.717) is 18.8 Å². The van der Waals surface area contributed by atoms with E-state index in [-0.39, 0.29) is 5.75 Å². The van der Waals surface area contributed by atoms with Crippen molar-refractivity contribution in [3.63, 3.8) is 0 Å². The first-order valence-electron chi connectivity index (χ1n) is 7.25. The molecule has 6 heteroatoms. The van der Waals surface area contributed by atoms with Crippen LogP contribution in [-0.2, 0) is 14.6 Å². The fourth-order valence-corrected chi connectivity index (χ4v) is 3.03. The van der Waals surface area contributed by atoms with Crippen LogP contribution in [0.1, 0.15) is 24.1 Å². The summed E-state index contributed by atoms with van der Waals surface area (Å²) in [5.74, 6) is 0.710. The smallest absolute Gasteiger partial charge is 0.147 e. The van der Waals surface area contributed by atoms with E-state index in [0.717, 1.165) is 24.2 Å². The zero-order valence-electron chi connectivity index (χ0n) is 13.1. The van der Waals surface area contributed by atoms with Gasteiger partial charge in [0.1, 0.15) is 15.6 Å². The molecule has 2 heterocycles. The summed E-state index contributed by atoms with van der Waals surface area (Å²) in [5.41, 5.74) is 3.21. The zero-order chi connectivity index (χ0) is 16.2. The van der Waals surface area contributed by atoms with Crippen molar-refractivity contribution in [3.8, 4) is 0 Å². The SMILES string of the molecule is C=C(OCCCS(C)(=O)=O)c1ccn(C2=CC=NCC2)c1C. The molecule has 0 amide bonds. The number of allylic oxidation sites excluding steroid dienone is 1. The second-order valence-electron chi connectivity index (χ2n) is 5.40. The van der Waals surface area contributed by atoms with Crippen LogP contribution in [0.3, 0.4) is 0 Å². The first-order chi connectivity index (χ1) is 10.4. The lowest BCUT2D eigenvalue weighted by molar-refractivity contribution is 0.278. The summed E-state index contributed by atoms with van der Waals surface area (Å²) in [7, 11) is -2.94. The van der Waals surface area contributed by atoms with Crippen molar-refractivity contribution in [2.75, 3.05) is 25.2 Å². The molecule has 120 valence electrons. The lowest BCUT2D eigenvalue weighted by atomic mass is 10.2. The maximum absolute atomic E-state index is 11.1. The number of nitrogens with zero attached hydrogens (tertiary/aromatic N) is 2. The predicted molar refractivity (Wildman–Crippen MR) is 90.7 cm³/mol. The third-order valence-electron chi connectivity index (χ3n) is 3.56. The predicted octanol–water partition coefficient (Wildman–Crippen LogP) is 2.53. The molecular weight excluding hydrogens is 300 g/mol. The quantitative estimate of drug-likeness (QED) is 0.572. The number of hydrogen-bond donors (Lipinski definition) is 0. The summed E-state index contributed by atoms with van der Waals surface area (Å²) in [6, 6.07) is 1.97. The number of aromatic nitrogens is 1. The summed E-state index contributed by atoms with van der Waals surface area (Å²) in [4.78, 5) is 4.19. The van der Waals surface area contributed by atoms with Crippen molar-refractivity contribution in [2.24, 2.45) is 4.99 Å². The van der Waals surface area contributed by atoms with Crippen LogP contribution in [0.5, 0.6) is 0 Å². The Morgan fingerprint density at radius 3 is 2.91 bits per heavy atom. The molecule has 0 aromatic carbocycles. The first-order valence-corrected chi connectivity index (χ1v) is 9.31. The Balaban J connectivity index is 1.98. The molecular formula is C16H22N2O3S. The topological polar surface area (TPSA) is 60.7 Å².